The van der Waals surface area contributed by atoms with E-state index in [2.05, 4.69) is 5.32 Å². The predicted molar refractivity (Wildman–Crippen MR) is 57.7 cm³/mol. The van der Waals surface area contributed by atoms with Crippen LogP contribution >= 0.6 is 0 Å². The molecule has 0 radical (unpaired) electrons. The predicted octanol–water partition coefficient (Wildman–Crippen LogP) is 1.67. The van der Waals surface area contributed by atoms with E-state index in [1.165, 1.54) is 11.1 Å². The third-order valence-electron chi connectivity index (χ3n) is 3.03. The molecule has 94 valence electrons. The zero-order valence-corrected chi connectivity index (χ0v) is 9.17. The van der Waals surface area contributed by atoms with Gasteiger partial charge in [0.05, 0.1) is 0 Å². The Labute approximate surface area is 97.5 Å². The Bertz CT molecular complexity index is 367. The highest BCUT2D eigenvalue weighted by Crippen LogP contribution is 2.23. The van der Waals surface area contributed by atoms with Crippen LogP contribution in [0.3, 0.4) is 0 Å². The average molecular weight is 245 g/mol. The summed E-state index contributed by atoms with van der Waals surface area (Å²) in [6.45, 7) is -0.442. The molecule has 0 saturated heterocycles. The monoisotopic (exact) mass is 245 g/mol. The summed E-state index contributed by atoms with van der Waals surface area (Å²) in [6, 6.07) is 7.80. The first kappa shape index (κ1) is 12.4. The van der Waals surface area contributed by atoms with Gasteiger partial charge in [-0.05, 0) is 24.0 Å². The van der Waals surface area contributed by atoms with Crippen LogP contribution in [-0.4, -0.2) is 30.0 Å². The zero-order valence-electron chi connectivity index (χ0n) is 9.17. The highest BCUT2D eigenvalue weighted by Gasteiger charge is 2.38. The Balaban J connectivity index is 1.85. The van der Waals surface area contributed by atoms with Gasteiger partial charge in [0.2, 0.25) is 0 Å². The molecule has 2 rings (SSSR count). The number of hydrogen-bond acceptors (Lipinski definition) is 2. The van der Waals surface area contributed by atoms with Gasteiger partial charge in [-0.3, -0.25) is 0 Å². The van der Waals surface area contributed by atoms with E-state index < -0.39 is 18.8 Å². The van der Waals surface area contributed by atoms with E-state index in [1.54, 1.807) is 0 Å². The summed E-state index contributed by atoms with van der Waals surface area (Å²) in [4.78, 5) is 0. The molecule has 17 heavy (non-hydrogen) atoms. The number of fused-ring (bicyclic) bond motifs is 1. The lowest BCUT2D eigenvalue weighted by Crippen LogP contribution is -2.42. The molecular formula is C12H14F3NO. The van der Waals surface area contributed by atoms with E-state index in [0.717, 1.165) is 12.8 Å². The summed E-state index contributed by atoms with van der Waals surface area (Å²) >= 11 is 0. The second-order valence-electron chi connectivity index (χ2n) is 4.34. The molecular weight excluding hydrogens is 231 g/mol. The normalized spacial score (nSPS) is 18.1. The second kappa shape index (κ2) is 4.66. The fourth-order valence-electron chi connectivity index (χ4n) is 2.10. The zero-order chi connectivity index (χ0) is 12.5. The van der Waals surface area contributed by atoms with E-state index in [4.69, 9.17) is 5.11 Å². The van der Waals surface area contributed by atoms with Crippen molar-refractivity contribution in [2.24, 2.45) is 0 Å². The van der Waals surface area contributed by atoms with E-state index in [0.29, 0.717) is 0 Å². The van der Waals surface area contributed by atoms with Gasteiger partial charge in [-0.25, -0.2) is 0 Å². The summed E-state index contributed by atoms with van der Waals surface area (Å²) in [5.41, 5.74) is 2.35. The summed E-state index contributed by atoms with van der Waals surface area (Å²) in [6.07, 6.45) is -5.38. The van der Waals surface area contributed by atoms with Crippen molar-refractivity contribution in [3.63, 3.8) is 0 Å². The second-order valence-corrected chi connectivity index (χ2v) is 4.34. The lowest BCUT2D eigenvalue weighted by molar-refractivity contribution is -0.202. The number of nitrogens with one attached hydrogen (secondary N) is 1. The van der Waals surface area contributed by atoms with Crippen molar-refractivity contribution in [3.8, 4) is 0 Å². The van der Waals surface area contributed by atoms with Gasteiger partial charge in [0.25, 0.3) is 0 Å². The molecule has 1 aliphatic rings. The van der Waals surface area contributed by atoms with Crippen LogP contribution < -0.4 is 5.32 Å². The summed E-state index contributed by atoms with van der Waals surface area (Å²) in [5, 5.41) is 11.6. The summed E-state index contributed by atoms with van der Waals surface area (Å²) in [7, 11) is 0. The molecule has 0 saturated carbocycles. The van der Waals surface area contributed by atoms with Crippen LogP contribution in [0.1, 0.15) is 11.1 Å². The Kier molecular flexibility index (Phi) is 3.40. The van der Waals surface area contributed by atoms with Crippen LogP contribution in [0.15, 0.2) is 24.3 Å². The number of hydrogen-bond donors (Lipinski definition) is 2. The molecule has 0 aromatic heterocycles. The summed E-state index contributed by atoms with van der Waals surface area (Å²) < 4.78 is 36.3. The first-order chi connectivity index (χ1) is 7.97. The van der Waals surface area contributed by atoms with E-state index in [-0.39, 0.29) is 6.04 Å². The number of aliphatic hydroxyl groups is 1. The largest absolute Gasteiger partial charge is 0.415 e. The molecule has 1 aliphatic carbocycles. The Morgan fingerprint density at radius 2 is 1.76 bits per heavy atom. The molecule has 0 fully saturated rings. The molecule has 0 amide bonds. The molecule has 2 N–H and O–H groups in total. The maximum absolute atomic E-state index is 12.1. The van der Waals surface area contributed by atoms with Crippen LogP contribution in [-0.2, 0) is 12.8 Å². The lowest BCUT2D eigenvalue weighted by atomic mass is 10.1. The fraction of sp³-hybridized carbons (Fsp3) is 0.500. The Hall–Kier alpha value is -1.07. The number of rotatable bonds is 3. The average Bonchev–Trinajstić information content (AvgIpc) is 2.66. The van der Waals surface area contributed by atoms with Crippen molar-refractivity contribution in [1.29, 1.82) is 0 Å². The van der Waals surface area contributed by atoms with Crippen molar-refractivity contribution in [2.75, 3.05) is 6.54 Å². The third-order valence-corrected chi connectivity index (χ3v) is 3.03. The molecule has 1 atom stereocenters. The Morgan fingerprint density at radius 1 is 1.24 bits per heavy atom. The van der Waals surface area contributed by atoms with Crippen LogP contribution in [0.5, 0.6) is 0 Å². The number of halogens is 3. The van der Waals surface area contributed by atoms with Gasteiger partial charge in [0.1, 0.15) is 0 Å². The van der Waals surface area contributed by atoms with Crippen molar-refractivity contribution >= 4 is 0 Å². The van der Waals surface area contributed by atoms with Crippen molar-refractivity contribution in [2.45, 2.75) is 31.2 Å². The molecule has 1 aromatic rings. The minimum atomic E-state index is -4.54. The quantitative estimate of drug-likeness (QED) is 0.849. The third kappa shape index (κ3) is 2.98. The van der Waals surface area contributed by atoms with E-state index in [9.17, 15) is 13.2 Å². The van der Waals surface area contributed by atoms with Crippen LogP contribution in [0.4, 0.5) is 13.2 Å². The minimum Gasteiger partial charge on any atom is -0.382 e. The van der Waals surface area contributed by atoms with Gasteiger partial charge in [0, 0.05) is 12.6 Å². The first-order valence-electron chi connectivity index (χ1n) is 5.52. The van der Waals surface area contributed by atoms with Gasteiger partial charge in [0.15, 0.2) is 6.10 Å². The van der Waals surface area contributed by atoms with Gasteiger partial charge in [-0.2, -0.15) is 13.2 Å². The Morgan fingerprint density at radius 3 is 2.24 bits per heavy atom. The maximum Gasteiger partial charge on any atom is 0.415 e. The van der Waals surface area contributed by atoms with Crippen LogP contribution in [0.2, 0.25) is 0 Å². The highest BCUT2D eigenvalue weighted by atomic mass is 19.4. The first-order valence-corrected chi connectivity index (χ1v) is 5.52. The molecule has 5 heteroatoms. The van der Waals surface area contributed by atoms with Crippen LogP contribution in [0.25, 0.3) is 0 Å². The van der Waals surface area contributed by atoms with Gasteiger partial charge < -0.3 is 10.4 Å². The van der Waals surface area contributed by atoms with E-state index in [1.807, 2.05) is 24.3 Å². The fourth-order valence-corrected chi connectivity index (χ4v) is 2.10. The molecule has 2 nitrogen and oxygen atoms in total. The van der Waals surface area contributed by atoms with Crippen molar-refractivity contribution < 1.29 is 18.3 Å². The van der Waals surface area contributed by atoms with Crippen molar-refractivity contribution in [1.82, 2.24) is 5.32 Å². The lowest BCUT2D eigenvalue weighted by Gasteiger charge is -2.18. The van der Waals surface area contributed by atoms with Gasteiger partial charge in [-0.15, -0.1) is 0 Å². The minimum absolute atomic E-state index is 0.00981. The smallest absolute Gasteiger partial charge is 0.382 e. The van der Waals surface area contributed by atoms with Gasteiger partial charge >= 0.3 is 6.18 Å². The molecule has 0 heterocycles. The molecule has 1 unspecified atom stereocenters. The van der Waals surface area contributed by atoms with Gasteiger partial charge in [-0.1, -0.05) is 24.3 Å². The van der Waals surface area contributed by atoms with Crippen molar-refractivity contribution in [3.05, 3.63) is 35.4 Å². The van der Waals surface area contributed by atoms with Crippen LogP contribution in [0, 0.1) is 0 Å². The molecule has 0 bridgehead atoms. The molecule has 0 spiro atoms. The number of aliphatic hydroxyl groups excluding tert-OH is 1. The topological polar surface area (TPSA) is 32.3 Å². The molecule has 1 aromatic carbocycles. The summed E-state index contributed by atoms with van der Waals surface area (Å²) in [5.74, 6) is 0. The standard InChI is InChI=1S/C12H14F3NO/c13-12(14,15)11(17)7-16-10-5-8-3-1-2-4-9(8)6-10/h1-4,10-11,16-17H,5-7H2. The maximum atomic E-state index is 12.1. The number of alkyl halides is 3. The SMILES string of the molecule is OC(CNC1Cc2ccccc2C1)C(F)(F)F. The number of benzene rings is 1. The van der Waals surface area contributed by atoms with E-state index >= 15 is 0 Å². The molecule has 0 aliphatic heterocycles. The highest BCUT2D eigenvalue weighted by molar-refractivity contribution is 5.33.